The van der Waals surface area contributed by atoms with Crippen molar-refractivity contribution in [3.8, 4) is 0 Å². The number of aryl methyl sites for hydroxylation is 1. The number of carbonyl (C=O) groups is 1. The van der Waals surface area contributed by atoms with Crippen LogP contribution in [0.2, 0.25) is 0 Å². The molecule has 2 heterocycles. The summed E-state index contributed by atoms with van der Waals surface area (Å²) in [5.41, 5.74) is -0.344. The highest BCUT2D eigenvalue weighted by molar-refractivity contribution is 5.74. The van der Waals surface area contributed by atoms with Crippen molar-refractivity contribution in [2.75, 3.05) is 13.1 Å². The van der Waals surface area contributed by atoms with Crippen molar-refractivity contribution in [2.45, 2.75) is 59.3 Å². The van der Waals surface area contributed by atoms with Crippen molar-refractivity contribution in [1.29, 1.82) is 0 Å². The standard InChI is InChI=1S/C15H26N4O3/c1-9(2)12(13-16-11(4)18-22-13)17-14(20)19-7-10(3)21-15(5,6)8-19/h9-10,12H,7-8H2,1-6H3,(H,17,20)/t10-,12+/m0/s1. The fourth-order valence-corrected chi connectivity index (χ4v) is 2.79. The number of urea groups is 1. The second-order valence-electron chi connectivity index (χ2n) is 6.92. The molecule has 1 N–H and O–H groups in total. The number of morpholine rings is 1. The summed E-state index contributed by atoms with van der Waals surface area (Å²) in [6.07, 6.45) is 0.0117. The van der Waals surface area contributed by atoms with Gasteiger partial charge < -0.3 is 19.5 Å². The van der Waals surface area contributed by atoms with Gasteiger partial charge in [0.25, 0.3) is 0 Å². The van der Waals surface area contributed by atoms with E-state index in [-0.39, 0.29) is 29.7 Å². The molecule has 124 valence electrons. The molecule has 0 spiro atoms. The van der Waals surface area contributed by atoms with E-state index in [1.807, 2.05) is 34.6 Å². The van der Waals surface area contributed by atoms with Crippen LogP contribution >= 0.6 is 0 Å². The molecule has 0 aliphatic carbocycles. The lowest BCUT2D eigenvalue weighted by Gasteiger charge is -2.42. The smallest absolute Gasteiger partial charge is 0.318 e. The van der Waals surface area contributed by atoms with Gasteiger partial charge in [0, 0.05) is 6.54 Å². The zero-order chi connectivity index (χ0) is 16.5. The summed E-state index contributed by atoms with van der Waals surface area (Å²) >= 11 is 0. The first-order valence-electron chi connectivity index (χ1n) is 7.71. The molecule has 2 amide bonds. The van der Waals surface area contributed by atoms with Crippen molar-refractivity contribution in [1.82, 2.24) is 20.4 Å². The summed E-state index contributed by atoms with van der Waals surface area (Å²) in [6, 6.07) is -0.423. The Bertz CT molecular complexity index is 527. The summed E-state index contributed by atoms with van der Waals surface area (Å²) in [7, 11) is 0. The summed E-state index contributed by atoms with van der Waals surface area (Å²) in [5, 5.41) is 6.81. The minimum atomic E-state index is -0.344. The molecule has 0 radical (unpaired) electrons. The number of aromatic nitrogens is 2. The number of rotatable bonds is 3. The van der Waals surface area contributed by atoms with Gasteiger partial charge in [-0.05, 0) is 33.6 Å². The first-order valence-corrected chi connectivity index (χ1v) is 7.71. The van der Waals surface area contributed by atoms with Crippen LogP contribution in [-0.4, -0.2) is 45.9 Å². The summed E-state index contributed by atoms with van der Waals surface area (Å²) < 4.78 is 11.1. The van der Waals surface area contributed by atoms with Gasteiger partial charge in [0.1, 0.15) is 6.04 Å². The van der Waals surface area contributed by atoms with Gasteiger partial charge in [-0.15, -0.1) is 0 Å². The molecule has 1 aromatic heterocycles. The second-order valence-corrected chi connectivity index (χ2v) is 6.92. The fourth-order valence-electron chi connectivity index (χ4n) is 2.79. The van der Waals surface area contributed by atoms with Crippen molar-refractivity contribution in [3.63, 3.8) is 0 Å². The van der Waals surface area contributed by atoms with Crippen LogP contribution in [0.25, 0.3) is 0 Å². The number of carbonyl (C=O) groups excluding carboxylic acids is 1. The number of amides is 2. The van der Waals surface area contributed by atoms with Gasteiger partial charge in [-0.25, -0.2) is 4.79 Å². The number of hydrogen-bond donors (Lipinski definition) is 1. The molecular formula is C15H26N4O3. The molecule has 2 atom stereocenters. The van der Waals surface area contributed by atoms with E-state index in [0.717, 1.165) is 0 Å². The van der Waals surface area contributed by atoms with E-state index < -0.39 is 0 Å². The Morgan fingerprint density at radius 1 is 1.45 bits per heavy atom. The number of hydrogen-bond acceptors (Lipinski definition) is 5. The highest BCUT2D eigenvalue weighted by atomic mass is 16.5. The zero-order valence-corrected chi connectivity index (χ0v) is 14.2. The number of nitrogens with one attached hydrogen (secondary N) is 1. The first kappa shape index (κ1) is 16.7. The number of nitrogens with zero attached hydrogens (tertiary/aromatic N) is 3. The van der Waals surface area contributed by atoms with Gasteiger partial charge in [-0.2, -0.15) is 4.98 Å². The first-order chi connectivity index (χ1) is 10.2. The number of ether oxygens (including phenoxy) is 1. The summed E-state index contributed by atoms with van der Waals surface area (Å²) in [6.45, 7) is 12.9. The second kappa shape index (κ2) is 6.24. The van der Waals surface area contributed by atoms with Crippen LogP contribution in [0, 0.1) is 12.8 Å². The highest BCUT2D eigenvalue weighted by Crippen LogP contribution is 2.23. The Morgan fingerprint density at radius 2 is 2.14 bits per heavy atom. The van der Waals surface area contributed by atoms with E-state index in [1.165, 1.54) is 0 Å². The van der Waals surface area contributed by atoms with Gasteiger partial charge in [0.05, 0.1) is 18.2 Å². The van der Waals surface area contributed by atoms with Crippen molar-refractivity contribution < 1.29 is 14.1 Å². The van der Waals surface area contributed by atoms with Gasteiger partial charge >= 0.3 is 6.03 Å². The molecule has 0 aromatic carbocycles. The molecular weight excluding hydrogens is 284 g/mol. The Morgan fingerprint density at radius 3 is 2.64 bits per heavy atom. The SMILES string of the molecule is Cc1noc([C@H](NC(=O)N2C[C@H](C)OC(C)(C)C2)C(C)C)n1. The third-order valence-corrected chi connectivity index (χ3v) is 3.61. The van der Waals surface area contributed by atoms with Crippen molar-refractivity contribution in [2.24, 2.45) is 5.92 Å². The maximum Gasteiger partial charge on any atom is 0.318 e. The highest BCUT2D eigenvalue weighted by Gasteiger charge is 2.35. The van der Waals surface area contributed by atoms with Crippen LogP contribution in [0.1, 0.15) is 52.4 Å². The Labute approximate surface area is 131 Å². The maximum absolute atomic E-state index is 12.6. The fraction of sp³-hybridized carbons (Fsp3) is 0.800. The monoisotopic (exact) mass is 310 g/mol. The minimum Gasteiger partial charge on any atom is -0.369 e. The molecule has 0 unspecified atom stereocenters. The molecule has 1 aromatic rings. The Balaban J connectivity index is 2.08. The summed E-state index contributed by atoms with van der Waals surface area (Å²) in [5.74, 6) is 1.16. The quantitative estimate of drug-likeness (QED) is 0.926. The molecule has 2 rings (SSSR count). The normalized spacial score (nSPS) is 22.7. The molecule has 0 saturated carbocycles. The molecule has 7 nitrogen and oxygen atoms in total. The van der Waals surface area contributed by atoms with Gasteiger partial charge in [-0.1, -0.05) is 19.0 Å². The average Bonchev–Trinajstić information content (AvgIpc) is 2.79. The average molecular weight is 310 g/mol. The Kier molecular flexibility index (Phi) is 4.75. The van der Waals surface area contributed by atoms with Crippen LogP contribution in [0.5, 0.6) is 0 Å². The van der Waals surface area contributed by atoms with Gasteiger partial charge in [0.2, 0.25) is 5.89 Å². The zero-order valence-electron chi connectivity index (χ0n) is 14.2. The molecule has 1 aliphatic heterocycles. The van der Waals surface area contributed by atoms with E-state index in [0.29, 0.717) is 24.8 Å². The van der Waals surface area contributed by atoms with Gasteiger partial charge in [-0.3, -0.25) is 0 Å². The lowest BCUT2D eigenvalue weighted by atomic mass is 10.0. The third-order valence-electron chi connectivity index (χ3n) is 3.61. The van der Waals surface area contributed by atoms with Crippen molar-refractivity contribution in [3.05, 3.63) is 11.7 Å². The van der Waals surface area contributed by atoms with Crippen molar-refractivity contribution >= 4 is 6.03 Å². The largest absolute Gasteiger partial charge is 0.369 e. The molecule has 0 bridgehead atoms. The topological polar surface area (TPSA) is 80.5 Å². The minimum absolute atomic E-state index is 0.0117. The van der Waals surface area contributed by atoms with Crippen LogP contribution in [0.4, 0.5) is 4.79 Å². The van der Waals surface area contributed by atoms with Crippen LogP contribution in [0.3, 0.4) is 0 Å². The van der Waals surface area contributed by atoms with Crippen LogP contribution < -0.4 is 5.32 Å². The predicted molar refractivity (Wildman–Crippen MR) is 81.3 cm³/mol. The summed E-state index contributed by atoms with van der Waals surface area (Å²) in [4.78, 5) is 18.6. The molecule has 1 saturated heterocycles. The molecule has 22 heavy (non-hydrogen) atoms. The van der Waals surface area contributed by atoms with Crippen LogP contribution in [0.15, 0.2) is 4.52 Å². The van der Waals surface area contributed by atoms with E-state index in [4.69, 9.17) is 9.26 Å². The van der Waals surface area contributed by atoms with E-state index in [9.17, 15) is 4.79 Å². The van der Waals surface area contributed by atoms with E-state index in [2.05, 4.69) is 15.5 Å². The maximum atomic E-state index is 12.6. The van der Waals surface area contributed by atoms with Crippen LogP contribution in [-0.2, 0) is 4.74 Å². The Hall–Kier alpha value is -1.63. The predicted octanol–water partition coefficient (Wildman–Crippen LogP) is 2.28. The van der Waals surface area contributed by atoms with E-state index >= 15 is 0 Å². The van der Waals surface area contributed by atoms with Gasteiger partial charge in [0.15, 0.2) is 5.82 Å². The lowest BCUT2D eigenvalue weighted by molar-refractivity contribution is -0.117. The third kappa shape index (κ3) is 3.97. The molecule has 7 heteroatoms. The van der Waals surface area contributed by atoms with E-state index in [1.54, 1.807) is 11.8 Å². The molecule has 1 fully saturated rings. The molecule has 1 aliphatic rings. The lowest BCUT2D eigenvalue weighted by Crippen LogP contribution is -2.56.